The molecule has 1 N–H and O–H groups in total. The van der Waals surface area contributed by atoms with Crippen LogP contribution in [0.15, 0.2) is 42.5 Å². The van der Waals surface area contributed by atoms with Crippen molar-refractivity contribution < 1.29 is 19.2 Å². The number of H-pyrrole nitrogens is 1. The number of nitrogens with zero attached hydrogens (tertiary/aromatic N) is 1. The summed E-state index contributed by atoms with van der Waals surface area (Å²) in [5.41, 5.74) is 1.64. The predicted octanol–water partition coefficient (Wildman–Crippen LogP) is 5.10. The molecule has 1 aromatic heterocycles. The quantitative estimate of drug-likeness (QED) is 0.376. The number of hydrogen-bond donors (Lipinski definition) is 1. The normalized spacial score (nSPS) is 11.4. The van der Waals surface area contributed by atoms with E-state index in [1.54, 1.807) is 39.0 Å². The van der Waals surface area contributed by atoms with Gasteiger partial charge in [0.2, 0.25) is 0 Å². The minimum atomic E-state index is -0.654. The Morgan fingerprint density at radius 2 is 1.82 bits per heavy atom. The van der Waals surface area contributed by atoms with Crippen LogP contribution in [-0.4, -0.2) is 28.1 Å². The average Bonchev–Trinajstić information content (AvgIpc) is 2.99. The Kier molecular flexibility index (Phi) is 5.09. The molecular weight excluding hydrogens is 360 g/mol. The number of nitro benzene ring substituents is 1. The molecule has 0 radical (unpaired) electrons. The Morgan fingerprint density at radius 3 is 2.39 bits per heavy atom. The van der Waals surface area contributed by atoms with Crippen molar-refractivity contribution in [1.29, 1.82) is 0 Å². The third-order valence-electron chi connectivity index (χ3n) is 4.05. The number of aromatic nitrogens is 1. The summed E-state index contributed by atoms with van der Waals surface area (Å²) in [6, 6.07) is 11.5. The van der Waals surface area contributed by atoms with Crippen molar-refractivity contribution in [2.75, 3.05) is 6.61 Å². The lowest BCUT2D eigenvalue weighted by Crippen LogP contribution is -2.24. The van der Waals surface area contributed by atoms with Crippen LogP contribution in [0.3, 0.4) is 0 Å². The Morgan fingerprint density at radius 1 is 1.14 bits per heavy atom. The lowest BCUT2D eigenvalue weighted by Gasteiger charge is -2.19. The van der Waals surface area contributed by atoms with E-state index in [0.29, 0.717) is 34.6 Å². The highest BCUT2D eigenvalue weighted by molar-refractivity contribution is 6.10. The van der Waals surface area contributed by atoms with Crippen LogP contribution in [0.25, 0.3) is 22.2 Å². The van der Waals surface area contributed by atoms with Crippen LogP contribution in [0.5, 0.6) is 5.75 Å². The Balaban J connectivity index is 2.17. The first-order valence-electron chi connectivity index (χ1n) is 8.96. The monoisotopic (exact) mass is 382 g/mol. The molecule has 3 aromatic rings. The van der Waals surface area contributed by atoms with Gasteiger partial charge >= 0.3 is 5.97 Å². The summed E-state index contributed by atoms with van der Waals surface area (Å²) in [5.74, 6) is 0.221. The molecule has 0 spiro atoms. The first-order chi connectivity index (χ1) is 13.2. The van der Waals surface area contributed by atoms with Gasteiger partial charge in [0.25, 0.3) is 5.69 Å². The number of nitro groups is 1. The molecule has 0 unspecified atom stereocenters. The zero-order chi connectivity index (χ0) is 20.5. The lowest BCUT2D eigenvalue weighted by atomic mass is 10.0. The highest BCUT2D eigenvalue weighted by Gasteiger charge is 2.25. The van der Waals surface area contributed by atoms with E-state index < -0.39 is 16.5 Å². The van der Waals surface area contributed by atoms with E-state index in [1.807, 2.05) is 19.1 Å². The largest absolute Gasteiger partial charge is 0.494 e. The van der Waals surface area contributed by atoms with E-state index >= 15 is 0 Å². The highest BCUT2D eigenvalue weighted by Crippen LogP contribution is 2.34. The molecule has 0 amide bonds. The van der Waals surface area contributed by atoms with Crippen molar-refractivity contribution in [3.05, 3.63) is 58.1 Å². The fourth-order valence-corrected chi connectivity index (χ4v) is 2.94. The first kappa shape index (κ1) is 19.4. The molecule has 2 aromatic carbocycles. The van der Waals surface area contributed by atoms with E-state index in [1.165, 1.54) is 12.1 Å². The molecule has 0 fully saturated rings. The van der Waals surface area contributed by atoms with E-state index in [4.69, 9.17) is 9.47 Å². The lowest BCUT2D eigenvalue weighted by molar-refractivity contribution is -0.384. The Bertz CT molecular complexity index is 1030. The molecule has 0 saturated carbocycles. The molecule has 3 rings (SSSR count). The van der Waals surface area contributed by atoms with Gasteiger partial charge in [-0.05, 0) is 57.5 Å². The molecule has 7 nitrogen and oxygen atoms in total. The topological polar surface area (TPSA) is 94.5 Å². The van der Waals surface area contributed by atoms with Gasteiger partial charge in [0.15, 0.2) is 0 Å². The van der Waals surface area contributed by atoms with Gasteiger partial charge in [-0.3, -0.25) is 10.1 Å². The maximum atomic E-state index is 12.9. The van der Waals surface area contributed by atoms with Crippen molar-refractivity contribution in [2.45, 2.75) is 33.3 Å². The van der Waals surface area contributed by atoms with Gasteiger partial charge in [-0.15, -0.1) is 0 Å². The molecule has 0 aliphatic heterocycles. The van der Waals surface area contributed by atoms with Crippen LogP contribution in [0, 0.1) is 10.1 Å². The summed E-state index contributed by atoms with van der Waals surface area (Å²) < 4.78 is 11.1. The Hall–Kier alpha value is -3.35. The summed E-state index contributed by atoms with van der Waals surface area (Å²) >= 11 is 0. The number of nitrogens with one attached hydrogen (secondary N) is 1. The van der Waals surface area contributed by atoms with E-state index in [0.717, 1.165) is 5.52 Å². The van der Waals surface area contributed by atoms with Crippen molar-refractivity contribution in [2.24, 2.45) is 0 Å². The minimum Gasteiger partial charge on any atom is -0.494 e. The van der Waals surface area contributed by atoms with Crippen LogP contribution in [0.4, 0.5) is 5.69 Å². The smallest absolute Gasteiger partial charge is 0.341 e. The predicted molar refractivity (Wildman–Crippen MR) is 107 cm³/mol. The summed E-state index contributed by atoms with van der Waals surface area (Å²) in [6.45, 7) is 7.84. The van der Waals surface area contributed by atoms with Gasteiger partial charge in [0, 0.05) is 23.6 Å². The zero-order valence-corrected chi connectivity index (χ0v) is 16.2. The number of benzene rings is 2. The third kappa shape index (κ3) is 3.98. The maximum absolute atomic E-state index is 12.9. The maximum Gasteiger partial charge on any atom is 0.341 e. The van der Waals surface area contributed by atoms with Crippen LogP contribution in [0.1, 0.15) is 38.1 Å². The highest BCUT2D eigenvalue weighted by atomic mass is 16.6. The van der Waals surface area contributed by atoms with Crippen molar-refractivity contribution in [3.63, 3.8) is 0 Å². The number of esters is 1. The van der Waals surface area contributed by atoms with Gasteiger partial charge in [-0.25, -0.2) is 4.79 Å². The van der Waals surface area contributed by atoms with Crippen molar-refractivity contribution in [3.8, 4) is 17.0 Å². The molecule has 7 heteroatoms. The SMILES string of the molecule is CCOc1ccc2c(C(=O)OC(C)(C)C)c(-c3ccc([N+](=O)[O-])cc3)[nH]c2c1. The van der Waals surface area contributed by atoms with Crippen molar-refractivity contribution >= 4 is 22.6 Å². The van der Waals surface area contributed by atoms with E-state index in [-0.39, 0.29) is 5.69 Å². The number of aromatic amines is 1. The second kappa shape index (κ2) is 7.34. The summed E-state index contributed by atoms with van der Waals surface area (Å²) in [7, 11) is 0. The number of hydrogen-bond acceptors (Lipinski definition) is 5. The van der Waals surface area contributed by atoms with Crippen LogP contribution < -0.4 is 4.74 Å². The fourth-order valence-electron chi connectivity index (χ4n) is 2.94. The number of rotatable bonds is 5. The van der Waals surface area contributed by atoms with Gasteiger partial charge in [0.05, 0.1) is 28.3 Å². The van der Waals surface area contributed by atoms with E-state index in [2.05, 4.69) is 4.98 Å². The number of carbonyl (C=O) groups is 1. The molecule has 0 aliphatic carbocycles. The third-order valence-corrected chi connectivity index (χ3v) is 4.05. The number of carbonyl (C=O) groups excluding carboxylic acids is 1. The van der Waals surface area contributed by atoms with Crippen LogP contribution >= 0.6 is 0 Å². The number of non-ortho nitro benzene ring substituents is 1. The molecule has 1 heterocycles. The minimum absolute atomic E-state index is 0.0164. The van der Waals surface area contributed by atoms with E-state index in [9.17, 15) is 14.9 Å². The summed E-state index contributed by atoms with van der Waals surface area (Å²) in [5, 5.41) is 11.6. The zero-order valence-electron chi connectivity index (χ0n) is 16.2. The Labute approximate surface area is 162 Å². The van der Waals surface area contributed by atoms with Crippen LogP contribution in [-0.2, 0) is 4.74 Å². The summed E-state index contributed by atoms with van der Waals surface area (Å²) in [6.07, 6.45) is 0. The first-order valence-corrected chi connectivity index (χ1v) is 8.96. The fraction of sp³-hybridized carbons (Fsp3) is 0.286. The van der Waals surface area contributed by atoms with Crippen molar-refractivity contribution in [1.82, 2.24) is 4.98 Å². The molecule has 146 valence electrons. The van der Waals surface area contributed by atoms with Gasteiger partial charge < -0.3 is 14.5 Å². The second-order valence-electron chi connectivity index (χ2n) is 7.32. The molecule has 28 heavy (non-hydrogen) atoms. The standard InChI is InChI=1S/C21H22N2O5/c1-5-27-15-10-11-16-17(12-15)22-19(18(16)20(24)28-21(2,3)4)13-6-8-14(9-7-13)23(25)26/h6-12,22H,5H2,1-4H3. The van der Waals surface area contributed by atoms with Gasteiger partial charge in [-0.1, -0.05) is 0 Å². The number of ether oxygens (including phenoxy) is 2. The molecule has 0 atom stereocenters. The van der Waals surface area contributed by atoms with Gasteiger partial charge in [-0.2, -0.15) is 0 Å². The van der Waals surface area contributed by atoms with Crippen LogP contribution in [0.2, 0.25) is 0 Å². The van der Waals surface area contributed by atoms with Gasteiger partial charge in [0.1, 0.15) is 11.4 Å². The molecule has 0 aliphatic rings. The molecular formula is C21H22N2O5. The summed E-state index contributed by atoms with van der Waals surface area (Å²) in [4.78, 5) is 26.6. The molecule has 0 bridgehead atoms. The average molecular weight is 382 g/mol. The second-order valence-corrected chi connectivity index (χ2v) is 7.32. The number of fused-ring (bicyclic) bond motifs is 1. The molecule has 0 saturated heterocycles.